The van der Waals surface area contributed by atoms with Gasteiger partial charge in [0.25, 0.3) is 5.69 Å². The normalized spacial score (nSPS) is 11.9. The first-order chi connectivity index (χ1) is 8.04. The van der Waals surface area contributed by atoms with E-state index in [1.54, 1.807) is 22.6 Å². The van der Waals surface area contributed by atoms with Crippen LogP contribution < -0.4 is 4.74 Å². The summed E-state index contributed by atoms with van der Waals surface area (Å²) in [6.45, 7) is -0.594. The maximum atomic E-state index is 12.0. The van der Waals surface area contributed by atoms with Gasteiger partial charge in [-0.05, 0) is 18.6 Å². The van der Waals surface area contributed by atoms with Gasteiger partial charge in [0.15, 0.2) is 0 Å². The minimum Gasteiger partial charge on any atom is -0.426 e. The monoisotopic (exact) mass is 353 g/mol. The Labute approximate surface area is 110 Å². The van der Waals surface area contributed by atoms with Gasteiger partial charge in [0.1, 0.15) is 9.67 Å². The van der Waals surface area contributed by atoms with Crippen LogP contribution in [0.15, 0.2) is 24.3 Å². The zero-order chi connectivity index (χ0) is 12.8. The quantitative estimate of drug-likeness (QED) is 0.204. The molecule has 0 saturated heterocycles. The van der Waals surface area contributed by atoms with Gasteiger partial charge in [0.05, 0.1) is 11.6 Å². The fraction of sp³-hybridized carbons (Fsp3) is 0.300. The number of rotatable bonds is 5. The number of ether oxygens (including phenoxy) is 1. The molecule has 1 aromatic rings. The van der Waals surface area contributed by atoms with Crippen LogP contribution in [0.4, 0.5) is 10.1 Å². The number of benzene rings is 1. The Bertz CT molecular complexity index is 409. The summed E-state index contributed by atoms with van der Waals surface area (Å²) >= 11 is 1.79. The summed E-state index contributed by atoms with van der Waals surface area (Å²) in [5, 5.41) is 10.4. The van der Waals surface area contributed by atoms with Crippen molar-refractivity contribution >= 4 is 34.2 Å². The lowest BCUT2D eigenvalue weighted by atomic mass is 10.3. The minimum absolute atomic E-state index is 0.0837. The summed E-state index contributed by atoms with van der Waals surface area (Å²) < 4.78 is 16.4. The van der Waals surface area contributed by atoms with Gasteiger partial charge in [0, 0.05) is 12.1 Å². The number of carbonyl (C=O) groups is 1. The molecule has 0 heterocycles. The highest BCUT2D eigenvalue weighted by Gasteiger charge is 2.17. The third-order valence-electron chi connectivity index (χ3n) is 1.88. The van der Waals surface area contributed by atoms with Gasteiger partial charge in [-0.3, -0.25) is 19.3 Å². The SMILES string of the molecule is O=C(Oc1ccc([N+](=O)[O-])cc1)C(I)CCF. The summed E-state index contributed by atoms with van der Waals surface area (Å²) in [5.41, 5.74) is -0.0837. The van der Waals surface area contributed by atoms with E-state index >= 15 is 0 Å². The maximum Gasteiger partial charge on any atom is 0.324 e. The maximum absolute atomic E-state index is 12.0. The summed E-state index contributed by atoms with van der Waals surface area (Å²) in [4.78, 5) is 21.2. The largest absolute Gasteiger partial charge is 0.426 e. The fourth-order valence-electron chi connectivity index (χ4n) is 1.03. The van der Waals surface area contributed by atoms with Crippen molar-refractivity contribution in [3.63, 3.8) is 0 Å². The zero-order valence-corrected chi connectivity index (χ0v) is 10.8. The van der Waals surface area contributed by atoms with Crippen LogP contribution in [0.5, 0.6) is 5.75 Å². The highest BCUT2D eigenvalue weighted by molar-refractivity contribution is 14.1. The number of nitro groups is 1. The lowest BCUT2D eigenvalue weighted by Gasteiger charge is -2.07. The number of nitrogens with zero attached hydrogens (tertiary/aromatic N) is 1. The van der Waals surface area contributed by atoms with Crippen LogP contribution in [-0.2, 0) is 4.79 Å². The smallest absolute Gasteiger partial charge is 0.324 e. The molecule has 0 fully saturated rings. The molecule has 92 valence electrons. The Balaban J connectivity index is 2.63. The van der Waals surface area contributed by atoms with Gasteiger partial charge >= 0.3 is 5.97 Å². The molecule has 1 unspecified atom stereocenters. The Morgan fingerprint density at radius 1 is 1.47 bits per heavy atom. The number of hydrogen-bond acceptors (Lipinski definition) is 4. The van der Waals surface area contributed by atoms with Crippen molar-refractivity contribution in [3.05, 3.63) is 34.4 Å². The van der Waals surface area contributed by atoms with E-state index in [-0.39, 0.29) is 17.9 Å². The van der Waals surface area contributed by atoms with Crippen LogP contribution in [-0.4, -0.2) is 21.5 Å². The second-order valence-corrected chi connectivity index (χ2v) is 4.62. The number of halogens is 2. The molecule has 0 aliphatic rings. The number of esters is 1. The first kappa shape index (κ1) is 13.8. The first-order valence-corrected chi connectivity index (χ1v) is 5.95. The van der Waals surface area contributed by atoms with Crippen molar-refractivity contribution in [2.24, 2.45) is 0 Å². The topological polar surface area (TPSA) is 69.4 Å². The molecule has 7 heteroatoms. The molecule has 0 spiro atoms. The van der Waals surface area contributed by atoms with Crippen LogP contribution >= 0.6 is 22.6 Å². The third-order valence-corrected chi connectivity index (χ3v) is 3.02. The molecule has 17 heavy (non-hydrogen) atoms. The van der Waals surface area contributed by atoms with Crippen molar-refractivity contribution < 1.29 is 18.8 Å². The molecular formula is C10H9FINO4. The summed E-state index contributed by atoms with van der Waals surface area (Å²) in [6, 6.07) is 5.13. The van der Waals surface area contributed by atoms with Gasteiger partial charge in [-0.25, -0.2) is 0 Å². The standard InChI is InChI=1S/C10H9FINO4/c11-6-5-9(12)10(14)17-8-3-1-7(2-4-8)13(15)16/h1-4,9H,5-6H2. The van der Waals surface area contributed by atoms with Crippen LogP contribution in [0.2, 0.25) is 0 Å². The molecule has 0 bridgehead atoms. The van der Waals surface area contributed by atoms with Gasteiger partial charge in [-0.1, -0.05) is 22.6 Å². The molecule has 0 aliphatic heterocycles. The first-order valence-electron chi connectivity index (χ1n) is 4.70. The Morgan fingerprint density at radius 3 is 2.53 bits per heavy atom. The van der Waals surface area contributed by atoms with E-state index in [0.717, 1.165) is 0 Å². The predicted octanol–water partition coefficient (Wildman–Crippen LogP) is 2.66. The van der Waals surface area contributed by atoms with E-state index in [2.05, 4.69) is 0 Å². The minimum atomic E-state index is -0.594. The van der Waals surface area contributed by atoms with Crippen molar-refractivity contribution in [2.75, 3.05) is 6.67 Å². The second kappa shape index (κ2) is 6.48. The lowest BCUT2D eigenvalue weighted by Crippen LogP contribution is -2.20. The molecule has 0 N–H and O–H groups in total. The van der Waals surface area contributed by atoms with Crippen molar-refractivity contribution in [2.45, 2.75) is 10.3 Å². The molecule has 1 atom stereocenters. The molecular weight excluding hydrogens is 344 g/mol. The van der Waals surface area contributed by atoms with Crippen LogP contribution in [0.1, 0.15) is 6.42 Å². The van der Waals surface area contributed by atoms with E-state index in [1.807, 2.05) is 0 Å². The highest BCUT2D eigenvalue weighted by atomic mass is 127. The van der Waals surface area contributed by atoms with Gasteiger partial charge in [0.2, 0.25) is 0 Å². The number of nitro benzene ring substituents is 1. The molecule has 0 aromatic heterocycles. The van der Waals surface area contributed by atoms with Gasteiger partial charge in [-0.15, -0.1) is 0 Å². The Kier molecular flexibility index (Phi) is 5.26. The van der Waals surface area contributed by atoms with Gasteiger partial charge < -0.3 is 4.74 Å². The predicted molar refractivity (Wildman–Crippen MR) is 67.1 cm³/mol. The van der Waals surface area contributed by atoms with Crippen LogP contribution in [0, 0.1) is 10.1 Å². The van der Waals surface area contributed by atoms with E-state index in [9.17, 15) is 19.3 Å². The lowest BCUT2D eigenvalue weighted by molar-refractivity contribution is -0.384. The number of alkyl halides is 2. The summed E-state index contributed by atoms with van der Waals surface area (Å²) in [6.07, 6.45) is 0.0897. The molecule has 0 amide bonds. The van der Waals surface area contributed by atoms with Crippen molar-refractivity contribution in [3.8, 4) is 5.75 Å². The van der Waals surface area contributed by atoms with Crippen LogP contribution in [0.25, 0.3) is 0 Å². The number of hydrogen-bond donors (Lipinski definition) is 0. The molecule has 1 rings (SSSR count). The second-order valence-electron chi connectivity index (χ2n) is 3.12. The number of non-ortho nitro benzene ring substituents is 1. The molecule has 1 aromatic carbocycles. The molecule has 5 nitrogen and oxygen atoms in total. The van der Waals surface area contributed by atoms with E-state index < -0.39 is 21.5 Å². The average molecular weight is 353 g/mol. The molecule has 0 saturated carbocycles. The highest BCUT2D eigenvalue weighted by Crippen LogP contribution is 2.19. The molecule has 0 aliphatic carbocycles. The van der Waals surface area contributed by atoms with E-state index in [4.69, 9.17) is 4.74 Å². The molecule has 0 radical (unpaired) electrons. The fourth-order valence-corrected chi connectivity index (χ4v) is 1.39. The van der Waals surface area contributed by atoms with Crippen molar-refractivity contribution in [1.29, 1.82) is 0 Å². The Morgan fingerprint density at radius 2 is 2.06 bits per heavy atom. The summed E-state index contributed by atoms with van der Waals surface area (Å²) in [7, 11) is 0. The summed E-state index contributed by atoms with van der Waals surface area (Å²) in [5.74, 6) is -0.349. The Hall–Kier alpha value is -1.25. The number of carbonyl (C=O) groups excluding carboxylic acids is 1. The average Bonchev–Trinajstić information content (AvgIpc) is 2.30. The zero-order valence-electron chi connectivity index (χ0n) is 8.64. The van der Waals surface area contributed by atoms with E-state index in [0.29, 0.717) is 0 Å². The third kappa shape index (κ3) is 4.25. The van der Waals surface area contributed by atoms with Crippen molar-refractivity contribution in [1.82, 2.24) is 0 Å². The van der Waals surface area contributed by atoms with E-state index in [1.165, 1.54) is 24.3 Å². The van der Waals surface area contributed by atoms with Gasteiger partial charge in [-0.2, -0.15) is 0 Å². The van der Waals surface area contributed by atoms with Crippen LogP contribution in [0.3, 0.4) is 0 Å².